The van der Waals surface area contributed by atoms with E-state index in [1.54, 1.807) is 29.2 Å². The molecule has 2 heterocycles. The Balaban J connectivity index is 1.45. The molecule has 34 heavy (non-hydrogen) atoms. The van der Waals surface area contributed by atoms with Crippen molar-refractivity contribution in [1.82, 2.24) is 4.90 Å². The Morgan fingerprint density at radius 2 is 1.56 bits per heavy atom. The number of carbonyl (C=O) groups excluding carboxylic acids is 2. The second-order valence-corrected chi connectivity index (χ2v) is 8.91. The van der Waals surface area contributed by atoms with Crippen LogP contribution < -0.4 is 10.2 Å². The van der Waals surface area contributed by atoms with Crippen LogP contribution in [0.4, 0.5) is 11.4 Å². The fourth-order valence-corrected chi connectivity index (χ4v) is 4.85. The van der Waals surface area contributed by atoms with Crippen molar-refractivity contribution in [2.24, 2.45) is 0 Å². The average Bonchev–Trinajstić information content (AvgIpc) is 2.88. The van der Waals surface area contributed by atoms with Crippen LogP contribution in [0.15, 0.2) is 72.8 Å². The Bertz CT molecular complexity index is 1210. The van der Waals surface area contributed by atoms with Crippen LogP contribution in [0.25, 0.3) is 0 Å². The van der Waals surface area contributed by atoms with Gasteiger partial charge >= 0.3 is 0 Å². The number of anilines is 2. The van der Waals surface area contributed by atoms with Crippen LogP contribution in [0.2, 0.25) is 5.02 Å². The molecule has 0 bridgehead atoms. The van der Waals surface area contributed by atoms with Gasteiger partial charge in [0.05, 0.1) is 35.2 Å². The molecule has 7 heteroatoms. The lowest BCUT2D eigenvalue weighted by atomic mass is 9.92. The molecule has 0 aromatic heterocycles. The molecule has 0 radical (unpaired) electrons. The van der Waals surface area contributed by atoms with Crippen molar-refractivity contribution in [3.8, 4) is 0 Å². The predicted octanol–water partition coefficient (Wildman–Crippen LogP) is 4.38. The zero-order valence-corrected chi connectivity index (χ0v) is 19.5. The van der Waals surface area contributed by atoms with E-state index < -0.39 is 6.04 Å². The third-order valence-electron chi connectivity index (χ3n) is 6.43. The number of nitrogens with zero attached hydrogens (tertiary/aromatic N) is 2. The molecule has 2 amide bonds. The SMILES string of the molecule is O=C(Nc1ccccc1N1CCOCC1)[C@H]1Cc2ccccc2CN1C(=O)c1ccccc1Cl. The summed E-state index contributed by atoms with van der Waals surface area (Å²) < 4.78 is 5.48. The number of morpholine rings is 1. The Hall–Kier alpha value is -3.35. The number of amides is 2. The summed E-state index contributed by atoms with van der Waals surface area (Å²) in [4.78, 5) is 31.1. The summed E-state index contributed by atoms with van der Waals surface area (Å²) in [7, 11) is 0. The van der Waals surface area contributed by atoms with E-state index in [0.717, 1.165) is 35.6 Å². The molecule has 0 spiro atoms. The minimum atomic E-state index is -0.656. The van der Waals surface area contributed by atoms with Crippen LogP contribution in [0.1, 0.15) is 21.5 Å². The molecular formula is C27H26ClN3O3. The van der Waals surface area contributed by atoms with Gasteiger partial charge in [0, 0.05) is 26.1 Å². The van der Waals surface area contributed by atoms with Gasteiger partial charge < -0.3 is 19.9 Å². The van der Waals surface area contributed by atoms with E-state index in [-0.39, 0.29) is 11.8 Å². The van der Waals surface area contributed by atoms with Crippen LogP contribution in [0.3, 0.4) is 0 Å². The molecule has 0 aliphatic carbocycles. The van der Waals surface area contributed by atoms with Crippen molar-refractivity contribution in [2.75, 3.05) is 36.5 Å². The quantitative estimate of drug-likeness (QED) is 0.608. The second-order valence-electron chi connectivity index (χ2n) is 8.51. The number of hydrogen-bond donors (Lipinski definition) is 1. The molecule has 1 fully saturated rings. The molecule has 3 aromatic rings. The van der Waals surface area contributed by atoms with Crippen molar-refractivity contribution in [2.45, 2.75) is 19.0 Å². The van der Waals surface area contributed by atoms with Crippen molar-refractivity contribution in [1.29, 1.82) is 0 Å². The molecule has 6 nitrogen and oxygen atoms in total. The van der Waals surface area contributed by atoms with Gasteiger partial charge in [0.2, 0.25) is 5.91 Å². The first kappa shape index (κ1) is 22.4. The summed E-state index contributed by atoms with van der Waals surface area (Å²) in [5.74, 6) is -0.461. The van der Waals surface area contributed by atoms with Gasteiger partial charge in [0.1, 0.15) is 6.04 Å². The zero-order chi connectivity index (χ0) is 23.5. The van der Waals surface area contributed by atoms with Crippen LogP contribution >= 0.6 is 11.6 Å². The van der Waals surface area contributed by atoms with Crippen molar-refractivity contribution in [3.05, 3.63) is 94.5 Å². The van der Waals surface area contributed by atoms with Crippen LogP contribution in [-0.2, 0) is 22.5 Å². The first-order valence-corrected chi connectivity index (χ1v) is 11.8. The number of ether oxygens (including phenoxy) is 1. The van der Waals surface area contributed by atoms with E-state index in [9.17, 15) is 9.59 Å². The number of fused-ring (bicyclic) bond motifs is 1. The highest BCUT2D eigenvalue weighted by atomic mass is 35.5. The normalized spacial score (nSPS) is 17.7. The maximum atomic E-state index is 13.7. The molecule has 174 valence electrons. The van der Waals surface area contributed by atoms with E-state index in [1.165, 1.54) is 0 Å². The van der Waals surface area contributed by atoms with Gasteiger partial charge in [-0.15, -0.1) is 0 Å². The Kier molecular flexibility index (Phi) is 6.52. The fraction of sp³-hybridized carbons (Fsp3) is 0.259. The first-order chi connectivity index (χ1) is 16.6. The molecule has 1 atom stereocenters. The number of carbonyl (C=O) groups is 2. The van der Waals surface area contributed by atoms with Crippen LogP contribution in [0, 0.1) is 0 Å². The van der Waals surface area contributed by atoms with E-state index in [4.69, 9.17) is 16.3 Å². The van der Waals surface area contributed by atoms with Crippen LogP contribution in [0.5, 0.6) is 0 Å². The highest BCUT2D eigenvalue weighted by molar-refractivity contribution is 6.33. The highest BCUT2D eigenvalue weighted by Gasteiger charge is 2.36. The van der Waals surface area contributed by atoms with Crippen molar-refractivity contribution >= 4 is 34.8 Å². The van der Waals surface area contributed by atoms with Crippen molar-refractivity contribution in [3.63, 3.8) is 0 Å². The lowest BCUT2D eigenvalue weighted by molar-refractivity contribution is -0.121. The Morgan fingerprint density at radius 1 is 0.882 bits per heavy atom. The summed E-state index contributed by atoms with van der Waals surface area (Å²) >= 11 is 6.34. The highest BCUT2D eigenvalue weighted by Crippen LogP contribution is 2.30. The minimum absolute atomic E-state index is 0.212. The van der Waals surface area contributed by atoms with Crippen LogP contribution in [-0.4, -0.2) is 49.1 Å². The molecule has 0 unspecified atom stereocenters. The fourth-order valence-electron chi connectivity index (χ4n) is 4.64. The van der Waals surface area contributed by atoms with Gasteiger partial charge in [0.15, 0.2) is 0 Å². The topological polar surface area (TPSA) is 61.9 Å². The first-order valence-electron chi connectivity index (χ1n) is 11.5. The van der Waals surface area contributed by atoms with Gasteiger partial charge in [-0.05, 0) is 35.4 Å². The zero-order valence-electron chi connectivity index (χ0n) is 18.7. The summed E-state index contributed by atoms with van der Waals surface area (Å²) in [6, 6.07) is 22.0. The van der Waals surface area contributed by atoms with E-state index in [2.05, 4.69) is 10.2 Å². The summed E-state index contributed by atoms with van der Waals surface area (Å²) in [5.41, 5.74) is 4.21. The minimum Gasteiger partial charge on any atom is -0.378 e. The summed E-state index contributed by atoms with van der Waals surface area (Å²) in [6.45, 7) is 3.19. The number of rotatable bonds is 4. The largest absolute Gasteiger partial charge is 0.378 e. The number of halogens is 1. The second kappa shape index (κ2) is 9.87. The number of nitrogens with one attached hydrogen (secondary N) is 1. The molecule has 2 aliphatic heterocycles. The third-order valence-corrected chi connectivity index (χ3v) is 6.76. The summed E-state index contributed by atoms with van der Waals surface area (Å²) in [6.07, 6.45) is 0.442. The molecule has 5 rings (SSSR count). The number of hydrogen-bond acceptors (Lipinski definition) is 4. The molecule has 2 aliphatic rings. The lowest BCUT2D eigenvalue weighted by Crippen LogP contribution is -2.50. The monoisotopic (exact) mass is 475 g/mol. The Labute approximate surface area is 204 Å². The number of para-hydroxylation sites is 2. The molecule has 1 N–H and O–H groups in total. The van der Waals surface area contributed by atoms with E-state index >= 15 is 0 Å². The molecule has 1 saturated heterocycles. The standard InChI is InChI=1S/C27H26ClN3O3/c28-22-10-4-3-9-21(22)27(33)31-18-20-8-2-1-7-19(20)17-25(31)26(32)29-23-11-5-6-12-24(23)30-13-15-34-16-14-30/h1-12,25H,13-18H2,(H,29,32)/t25-/m1/s1. The van der Waals surface area contributed by atoms with E-state index in [1.807, 2.05) is 48.5 Å². The maximum Gasteiger partial charge on any atom is 0.256 e. The smallest absolute Gasteiger partial charge is 0.256 e. The summed E-state index contributed by atoms with van der Waals surface area (Å²) in [5, 5.41) is 3.49. The average molecular weight is 476 g/mol. The third kappa shape index (κ3) is 4.52. The molecule has 0 saturated carbocycles. The maximum absolute atomic E-state index is 13.7. The molecular weight excluding hydrogens is 450 g/mol. The van der Waals surface area contributed by atoms with Gasteiger partial charge in [0.25, 0.3) is 5.91 Å². The number of benzene rings is 3. The predicted molar refractivity (Wildman–Crippen MR) is 133 cm³/mol. The van der Waals surface area contributed by atoms with Crippen molar-refractivity contribution < 1.29 is 14.3 Å². The molecule has 3 aromatic carbocycles. The lowest BCUT2D eigenvalue weighted by Gasteiger charge is -2.37. The van der Waals surface area contributed by atoms with Gasteiger partial charge in [-0.2, -0.15) is 0 Å². The Morgan fingerprint density at radius 3 is 2.35 bits per heavy atom. The van der Waals surface area contributed by atoms with Gasteiger partial charge in [-0.3, -0.25) is 9.59 Å². The van der Waals surface area contributed by atoms with Gasteiger partial charge in [-0.25, -0.2) is 0 Å². The van der Waals surface area contributed by atoms with Gasteiger partial charge in [-0.1, -0.05) is 60.1 Å². The van der Waals surface area contributed by atoms with E-state index in [0.29, 0.717) is 36.8 Å².